The molecule has 1 unspecified atom stereocenters. The molecule has 0 spiro atoms. The molecule has 0 bridgehead atoms. The highest BCUT2D eigenvalue weighted by molar-refractivity contribution is 6.01. The number of nitrogens with one attached hydrogen (secondary N) is 1. The molecule has 0 aliphatic carbocycles. The van der Waals surface area contributed by atoms with Gasteiger partial charge in [0, 0.05) is 12.1 Å². The second kappa shape index (κ2) is 6.04. The molecule has 2 aromatic heterocycles. The number of furan rings is 1. The molecule has 1 amide bonds. The van der Waals surface area contributed by atoms with Crippen molar-refractivity contribution in [3.8, 4) is 0 Å². The first-order chi connectivity index (χ1) is 9.20. The van der Waals surface area contributed by atoms with E-state index in [0.717, 1.165) is 6.42 Å². The summed E-state index contributed by atoms with van der Waals surface area (Å²) in [6, 6.07) is 5.59. The van der Waals surface area contributed by atoms with Gasteiger partial charge in [-0.2, -0.15) is 5.10 Å². The van der Waals surface area contributed by atoms with Gasteiger partial charge in [-0.15, -0.1) is 0 Å². The molecule has 2 rings (SSSR count). The average molecular weight is 259 g/mol. The number of hydrogen-bond donors (Lipinski definition) is 1. The zero-order valence-electron chi connectivity index (χ0n) is 11.0. The zero-order chi connectivity index (χ0) is 13.7. The van der Waals surface area contributed by atoms with Crippen LogP contribution in [0.2, 0.25) is 0 Å². The lowest BCUT2D eigenvalue weighted by Crippen LogP contribution is -2.15. The van der Waals surface area contributed by atoms with Crippen molar-refractivity contribution >= 4 is 17.8 Å². The summed E-state index contributed by atoms with van der Waals surface area (Å²) in [6.07, 6.45) is 7.26. The molecule has 1 atom stereocenters. The molecule has 0 aliphatic heterocycles. The van der Waals surface area contributed by atoms with Crippen LogP contribution >= 0.6 is 0 Å². The van der Waals surface area contributed by atoms with Crippen LogP contribution < -0.4 is 5.32 Å². The summed E-state index contributed by atoms with van der Waals surface area (Å²) in [7, 11) is 0. The molecule has 2 aromatic rings. The Morgan fingerprint density at radius 1 is 1.58 bits per heavy atom. The summed E-state index contributed by atoms with van der Waals surface area (Å²) in [5, 5.41) is 7.01. The summed E-state index contributed by atoms with van der Waals surface area (Å²) in [5.74, 6) is 1.13. The lowest BCUT2D eigenvalue weighted by atomic mass is 10.3. The molecule has 100 valence electrons. The Morgan fingerprint density at radius 2 is 2.42 bits per heavy atom. The number of nitrogens with zero attached hydrogens (tertiary/aromatic N) is 2. The van der Waals surface area contributed by atoms with Crippen LogP contribution in [-0.2, 0) is 4.79 Å². The van der Waals surface area contributed by atoms with Gasteiger partial charge in [-0.05, 0) is 31.6 Å². The molecule has 0 aliphatic rings. The Bertz CT molecular complexity index is 555. The van der Waals surface area contributed by atoms with E-state index in [9.17, 15) is 4.79 Å². The van der Waals surface area contributed by atoms with Gasteiger partial charge in [-0.1, -0.05) is 6.92 Å². The first-order valence-electron chi connectivity index (χ1n) is 6.26. The quantitative estimate of drug-likeness (QED) is 0.839. The van der Waals surface area contributed by atoms with E-state index in [0.29, 0.717) is 11.6 Å². The number of anilines is 1. The second-order valence-corrected chi connectivity index (χ2v) is 4.26. The molecule has 0 saturated heterocycles. The van der Waals surface area contributed by atoms with Crippen LogP contribution in [0.5, 0.6) is 0 Å². The predicted molar refractivity (Wildman–Crippen MR) is 73.6 cm³/mol. The largest absolute Gasteiger partial charge is 0.465 e. The highest BCUT2D eigenvalue weighted by Gasteiger charge is 2.09. The van der Waals surface area contributed by atoms with Crippen LogP contribution in [0.25, 0.3) is 6.08 Å². The molecule has 5 nitrogen and oxygen atoms in total. The Labute approximate surface area is 111 Å². The highest BCUT2D eigenvalue weighted by Crippen LogP contribution is 2.16. The van der Waals surface area contributed by atoms with Crippen molar-refractivity contribution in [2.24, 2.45) is 0 Å². The van der Waals surface area contributed by atoms with Gasteiger partial charge in [0.2, 0.25) is 5.91 Å². The molecule has 5 heteroatoms. The minimum Gasteiger partial charge on any atom is -0.465 e. The Morgan fingerprint density at radius 3 is 3.11 bits per heavy atom. The minimum absolute atomic E-state index is 0.207. The van der Waals surface area contributed by atoms with Gasteiger partial charge >= 0.3 is 0 Å². The summed E-state index contributed by atoms with van der Waals surface area (Å²) >= 11 is 0. The molecule has 0 saturated carbocycles. The van der Waals surface area contributed by atoms with E-state index in [-0.39, 0.29) is 11.9 Å². The van der Waals surface area contributed by atoms with E-state index in [1.54, 1.807) is 41.4 Å². The van der Waals surface area contributed by atoms with Gasteiger partial charge in [0.15, 0.2) is 0 Å². The number of carbonyl (C=O) groups is 1. The van der Waals surface area contributed by atoms with E-state index >= 15 is 0 Å². The van der Waals surface area contributed by atoms with E-state index in [1.165, 1.54) is 6.08 Å². The van der Waals surface area contributed by atoms with Gasteiger partial charge in [0.1, 0.15) is 11.6 Å². The SMILES string of the molecule is CCC(C)n1nccc1NC(=O)/C=C/c1ccco1. The van der Waals surface area contributed by atoms with Crippen molar-refractivity contribution in [1.29, 1.82) is 0 Å². The number of rotatable bonds is 5. The average Bonchev–Trinajstić information content (AvgIpc) is 3.06. The lowest BCUT2D eigenvalue weighted by molar-refractivity contribution is -0.111. The molecule has 0 radical (unpaired) electrons. The Kier molecular flexibility index (Phi) is 4.18. The van der Waals surface area contributed by atoms with E-state index < -0.39 is 0 Å². The van der Waals surface area contributed by atoms with Crippen LogP contribution in [0.1, 0.15) is 32.1 Å². The first kappa shape index (κ1) is 13.1. The van der Waals surface area contributed by atoms with Crippen LogP contribution in [0.15, 0.2) is 41.2 Å². The van der Waals surface area contributed by atoms with Crippen LogP contribution in [-0.4, -0.2) is 15.7 Å². The fourth-order valence-electron chi connectivity index (χ4n) is 1.65. The van der Waals surface area contributed by atoms with Gasteiger partial charge < -0.3 is 9.73 Å². The predicted octanol–water partition coefficient (Wildman–Crippen LogP) is 3.10. The Hall–Kier alpha value is -2.30. The molecule has 0 fully saturated rings. The highest BCUT2D eigenvalue weighted by atomic mass is 16.3. The van der Waals surface area contributed by atoms with Crippen molar-refractivity contribution < 1.29 is 9.21 Å². The fourth-order valence-corrected chi connectivity index (χ4v) is 1.65. The topological polar surface area (TPSA) is 60.1 Å². The summed E-state index contributed by atoms with van der Waals surface area (Å²) in [4.78, 5) is 11.8. The maximum absolute atomic E-state index is 11.8. The molecule has 0 aromatic carbocycles. The van der Waals surface area contributed by atoms with Gasteiger partial charge in [0.25, 0.3) is 0 Å². The summed E-state index contributed by atoms with van der Waals surface area (Å²) in [5.41, 5.74) is 0. The van der Waals surface area contributed by atoms with Crippen molar-refractivity contribution in [3.05, 3.63) is 42.5 Å². The third kappa shape index (κ3) is 3.34. The number of hydrogen-bond acceptors (Lipinski definition) is 3. The van der Waals surface area contributed by atoms with Crippen molar-refractivity contribution in [3.63, 3.8) is 0 Å². The van der Waals surface area contributed by atoms with Gasteiger partial charge in [-0.3, -0.25) is 4.79 Å². The first-order valence-corrected chi connectivity index (χ1v) is 6.26. The second-order valence-electron chi connectivity index (χ2n) is 4.26. The standard InChI is InChI=1S/C14H17N3O2/c1-3-11(2)17-13(8-9-15-17)16-14(18)7-6-12-5-4-10-19-12/h4-11H,3H2,1-2H3,(H,16,18)/b7-6+. The third-order valence-corrected chi connectivity index (χ3v) is 2.87. The van der Waals surface area contributed by atoms with E-state index in [4.69, 9.17) is 4.42 Å². The third-order valence-electron chi connectivity index (χ3n) is 2.87. The molecule has 2 heterocycles. The normalized spacial score (nSPS) is 12.7. The molecule has 19 heavy (non-hydrogen) atoms. The van der Waals surface area contributed by atoms with Gasteiger partial charge in [0.05, 0.1) is 18.5 Å². The molecule has 1 N–H and O–H groups in total. The molecular weight excluding hydrogens is 242 g/mol. The summed E-state index contributed by atoms with van der Waals surface area (Å²) < 4.78 is 6.92. The van der Waals surface area contributed by atoms with Crippen LogP contribution in [0, 0.1) is 0 Å². The zero-order valence-corrected chi connectivity index (χ0v) is 11.0. The van der Waals surface area contributed by atoms with E-state index in [2.05, 4.69) is 24.3 Å². The van der Waals surface area contributed by atoms with Gasteiger partial charge in [-0.25, -0.2) is 4.68 Å². The minimum atomic E-state index is -0.207. The monoisotopic (exact) mass is 259 g/mol. The van der Waals surface area contributed by atoms with Crippen molar-refractivity contribution in [2.45, 2.75) is 26.3 Å². The lowest BCUT2D eigenvalue weighted by Gasteiger charge is -2.13. The maximum atomic E-state index is 11.8. The Balaban J connectivity index is 2.01. The number of carbonyl (C=O) groups excluding carboxylic acids is 1. The molecular formula is C14H17N3O2. The summed E-state index contributed by atoms with van der Waals surface area (Å²) in [6.45, 7) is 4.14. The van der Waals surface area contributed by atoms with E-state index in [1.807, 2.05) is 0 Å². The van der Waals surface area contributed by atoms with Crippen LogP contribution in [0.3, 0.4) is 0 Å². The fraction of sp³-hybridized carbons (Fsp3) is 0.286. The number of aromatic nitrogens is 2. The van der Waals surface area contributed by atoms with Crippen molar-refractivity contribution in [1.82, 2.24) is 9.78 Å². The number of amides is 1. The van der Waals surface area contributed by atoms with Crippen molar-refractivity contribution in [2.75, 3.05) is 5.32 Å². The maximum Gasteiger partial charge on any atom is 0.249 e. The smallest absolute Gasteiger partial charge is 0.249 e. The van der Waals surface area contributed by atoms with Crippen LogP contribution in [0.4, 0.5) is 5.82 Å².